The molecular weight excluding hydrogens is 576 g/mol. The highest BCUT2D eigenvalue weighted by Crippen LogP contribution is 2.16. The van der Waals surface area contributed by atoms with Crippen LogP contribution in [0, 0.1) is 0 Å². The summed E-state index contributed by atoms with van der Waals surface area (Å²) in [6.07, 6.45) is 0. The van der Waals surface area contributed by atoms with E-state index in [-0.39, 0.29) is 0 Å². The molecule has 2 N–H and O–H groups in total. The lowest BCUT2D eigenvalue weighted by Gasteiger charge is -2.06. The molecule has 0 aliphatic rings. The largest absolute Gasteiger partial charge is 0.432 e. The topological polar surface area (TPSA) is 335 Å². The molecule has 29 heteroatoms. The minimum absolute atomic E-state index is 2.65. The van der Waals surface area contributed by atoms with E-state index in [1.54, 1.807) is 0 Å². The summed E-state index contributed by atoms with van der Waals surface area (Å²) >= 11 is 0. The monoisotopic (exact) mass is 578 g/mol. The van der Waals surface area contributed by atoms with Crippen molar-refractivity contribution < 1.29 is 89.8 Å². The average molecular weight is 578 g/mol. The van der Waals surface area contributed by atoms with Crippen LogP contribution in [-0.4, -0.2) is 68.0 Å². The molecule has 0 aromatic rings. The maximum absolute atomic E-state index is 11.0. The summed E-state index contributed by atoms with van der Waals surface area (Å²) in [4.78, 5) is 0. The van der Waals surface area contributed by atoms with Crippen molar-refractivity contribution in [1.29, 1.82) is 0 Å². The molecule has 0 atom stereocenters. The lowest BCUT2D eigenvalue weighted by Crippen LogP contribution is -2.27. The minimum Gasteiger partial charge on any atom is -0.263 e. The summed E-state index contributed by atoms with van der Waals surface area (Å²) in [7, 11) is -44.3. The van der Waals surface area contributed by atoms with Gasteiger partial charge in [0.15, 0.2) is 0 Å². The molecular formula is H2O22S7. The number of hydrogen-bond donors (Lipinski definition) is 2. The fraction of sp³-hybridized carbons (Fsp3) is 0. The molecule has 0 aromatic carbocycles. The van der Waals surface area contributed by atoms with Gasteiger partial charge in [-0.2, -0.15) is 58.9 Å². The van der Waals surface area contributed by atoms with Gasteiger partial charge in [0.25, 0.3) is 0 Å². The van der Waals surface area contributed by atoms with Crippen molar-refractivity contribution in [3.8, 4) is 0 Å². The summed E-state index contributed by atoms with van der Waals surface area (Å²) in [5, 5.41) is 0. The highest BCUT2D eigenvalue weighted by Gasteiger charge is 2.39. The molecule has 0 aliphatic heterocycles. The van der Waals surface area contributed by atoms with Crippen LogP contribution in [0.3, 0.4) is 0 Å². The van der Waals surface area contributed by atoms with Gasteiger partial charge in [-0.3, -0.25) is 9.11 Å². The first-order valence-electron chi connectivity index (χ1n) is 4.70. The van der Waals surface area contributed by atoms with Crippen LogP contribution in [0.15, 0.2) is 0 Å². The van der Waals surface area contributed by atoms with E-state index < -0.39 is 72.8 Å². The van der Waals surface area contributed by atoms with Crippen LogP contribution in [0.1, 0.15) is 0 Å². The van der Waals surface area contributed by atoms with Crippen molar-refractivity contribution >= 4 is 72.8 Å². The second kappa shape index (κ2) is 8.46. The van der Waals surface area contributed by atoms with E-state index in [0.717, 1.165) is 0 Å². The summed E-state index contributed by atoms with van der Waals surface area (Å²) < 4.78 is 182. The van der Waals surface area contributed by atoms with E-state index >= 15 is 0 Å². The van der Waals surface area contributed by atoms with Crippen LogP contribution in [0.4, 0.5) is 0 Å². The third kappa shape index (κ3) is 14.0. The van der Waals surface area contributed by atoms with Crippen LogP contribution in [0.2, 0.25) is 0 Å². The van der Waals surface area contributed by atoms with E-state index in [9.17, 15) is 58.9 Å². The molecule has 0 aromatic heterocycles. The van der Waals surface area contributed by atoms with Crippen LogP contribution in [-0.2, 0) is 94.6 Å². The molecule has 29 heavy (non-hydrogen) atoms. The lowest BCUT2D eigenvalue weighted by atomic mass is 15.7. The molecule has 0 radical (unpaired) electrons. The molecule has 0 saturated carbocycles. The fourth-order valence-corrected chi connectivity index (χ4v) is 7.10. The Morgan fingerprint density at radius 2 is 0.448 bits per heavy atom. The van der Waals surface area contributed by atoms with Gasteiger partial charge < -0.3 is 0 Å². The zero-order valence-corrected chi connectivity index (χ0v) is 17.6. The first kappa shape index (κ1) is 28.3. The molecule has 22 nitrogen and oxygen atoms in total. The predicted molar refractivity (Wildman–Crippen MR) is 74.2 cm³/mol. The number of rotatable bonds is 12. The van der Waals surface area contributed by atoms with Crippen molar-refractivity contribution in [1.82, 2.24) is 0 Å². The quantitative estimate of drug-likeness (QED) is 0.204. The van der Waals surface area contributed by atoms with Gasteiger partial charge in [0.05, 0.1) is 0 Å². The van der Waals surface area contributed by atoms with E-state index in [1.165, 1.54) is 0 Å². The van der Waals surface area contributed by atoms with E-state index in [2.05, 4.69) is 21.8 Å². The Morgan fingerprint density at radius 1 is 0.310 bits per heavy atom. The number of hydrogen-bond acceptors (Lipinski definition) is 20. The zero-order chi connectivity index (χ0) is 23.7. The van der Waals surface area contributed by atoms with E-state index in [1.807, 2.05) is 0 Å². The summed E-state index contributed by atoms with van der Waals surface area (Å²) in [5.41, 5.74) is 0. The normalized spacial score (nSPS) is 15.2. The minimum atomic E-state index is -6.62. The van der Waals surface area contributed by atoms with Gasteiger partial charge in [-0.25, -0.2) is 0 Å². The van der Waals surface area contributed by atoms with Gasteiger partial charge in [-0.1, -0.05) is 21.8 Å². The molecule has 0 fully saturated rings. The van der Waals surface area contributed by atoms with Gasteiger partial charge in [0.1, 0.15) is 0 Å². The Balaban J connectivity index is 5.53. The van der Waals surface area contributed by atoms with Crippen molar-refractivity contribution in [2.45, 2.75) is 0 Å². The van der Waals surface area contributed by atoms with Crippen molar-refractivity contribution in [3.63, 3.8) is 0 Å². The fourth-order valence-electron chi connectivity index (χ4n) is 0.676. The standard InChI is InChI=1S/H2O22S7/c1-23(2,3)17-25(7,8)19-27(11,12)21-29(15,16)22-28(13,14)20-26(9,10)18-24(4,5)6/h(H,1,2,3)(H,4,5,6). The molecule has 0 spiro atoms. The van der Waals surface area contributed by atoms with Crippen LogP contribution in [0.25, 0.3) is 0 Å². The SMILES string of the molecule is O=S(=O)(O)OS(=O)(=O)OS(=O)(=O)OS(=O)(=O)OS(=O)(=O)OS(=O)(=O)OS(=O)(=O)O. The molecule has 0 bridgehead atoms. The van der Waals surface area contributed by atoms with Crippen molar-refractivity contribution in [2.75, 3.05) is 0 Å². The maximum Gasteiger partial charge on any atom is 0.432 e. The highest BCUT2D eigenvalue weighted by atomic mass is 32.4. The Bertz CT molecular complexity index is 1250. The molecule has 0 amide bonds. The molecule has 0 rings (SSSR count). The highest BCUT2D eigenvalue weighted by molar-refractivity contribution is 8.06. The summed E-state index contributed by atoms with van der Waals surface area (Å²) in [6, 6.07) is 0. The van der Waals surface area contributed by atoms with Gasteiger partial charge in [0, 0.05) is 0 Å². The Morgan fingerprint density at radius 3 is 0.586 bits per heavy atom. The third-order valence-corrected chi connectivity index (χ3v) is 9.05. The van der Waals surface area contributed by atoms with Gasteiger partial charge in [-0.05, 0) is 0 Å². The Hall–Kier alpha value is -0.670. The molecule has 0 saturated heterocycles. The van der Waals surface area contributed by atoms with E-state index in [4.69, 9.17) is 9.11 Å². The summed E-state index contributed by atoms with van der Waals surface area (Å²) in [6.45, 7) is 0. The van der Waals surface area contributed by atoms with Gasteiger partial charge in [-0.15, -0.1) is 0 Å². The molecule has 0 aliphatic carbocycles. The molecule has 0 heterocycles. The van der Waals surface area contributed by atoms with Crippen molar-refractivity contribution in [2.24, 2.45) is 0 Å². The van der Waals surface area contributed by atoms with Crippen LogP contribution >= 0.6 is 0 Å². The Labute approximate surface area is 162 Å². The van der Waals surface area contributed by atoms with Crippen LogP contribution in [0.5, 0.6) is 0 Å². The zero-order valence-electron chi connectivity index (χ0n) is 11.9. The third-order valence-electron chi connectivity index (χ3n) is 1.01. The van der Waals surface area contributed by atoms with Crippen LogP contribution < -0.4 is 0 Å². The lowest BCUT2D eigenvalue weighted by molar-refractivity contribution is 0.313. The summed E-state index contributed by atoms with van der Waals surface area (Å²) in [5.74, 6) is 0. The maximum atomic E-state index is 11.0. The molecule has 176 valence electrons. The smallest absolute Gasteiger partial charge is 0.263 e. The first-order chi connectivity index (χ1) is 12.2. The van der Waals surface area contributed by atoms with Gasteiger partial charge >= 0.3 is 72.8 Å². The van der Waals surface area contributed by atoms with Crippen molar-refractivity contribution in [3.05, 3.63) is 0 Å². The van der Waals surface area contributed by atoms with Gasteiger partial charge in [0.2, 0.25) is 0 Å². The van der Waals surface area contributed by atoms with E-state index in [0.29, 0.717) is 0 Å². The Kier molecular flexibility index (Phi) is 8.26. The second-order valence-electron chi connectivity index (χ2n) is 3.30. The molecule has 0 unspecified atom stereocenters. The second-order valence-corrected chi connectivity index (χ2v) is 12.4. The average Bonchev–Trinajstić information content (AvgIpc) is 2.10. The predicted octanol–water partition coefficient (Wildman–Crippen LogP) is -5.08. The first-order valence-corrected chi connectivity index (χ1v) is 14.1.